The van der Waals surface area contributed by atoms with E-state index in [-0.39, 0.29) is 0 Å². The lowest BCUT2D eigenvalue weighted by Crippen LogP contribution is -2.09. The Kier molecular flexibility index (Phi) is 7.61. The van der Waals surface area contributed by atoms with Crippen LogP contribution in [0.15, 0.2) is 105 Å². The summed E-state index contributed by atoms with van der Waals surface area (Å²) >= 11 is 0. The van der Waals surface area contributed by atoms with Crippen molar-refractivity contribution in [2.45, 2.75) is 96.3 Å². The highest BCUT2D eigenvalue weighted by Crippen LogP contribution is 2.45. The second kappa shape index (κ2) is 11.2. The Morgan fingerprint density at radius 3 is 1.85 bits per heavy atom. The average molecular weight is 437 g/mol. The van der Waals surface area contributed by atoms with Crippen molar-refractivity contribution in [2.75, 3.05) is 0 Å². The van der Waals surface area contributed by atoms with Gasteiger partial charge in [-0.3, -0.25) is 0 Å². The molecule has 0 fully saturated rings. The topological polar surface area (TPSA) is 0 Å². The van der Waals surface area contributed by atoms with Crippen LogP contribution in [-0.4, -0.2) is 0 Å². The molecule has 0 nitrogen and oxygen atoms in total. The van der Waals surface area contributed by atoms with Crippen molar-refractivity contribution in [1.82, 2.24) is 0 Å². The van der Waals surface area contributed by atoms with Gasteiger partial charge in [0.05, 0.1) is 0 Å². The van der Waals surface area contributed by atoms with Gasteiger partial charge in [0.1, 0.15) is 0 Å². The van der Waals surface area contributed by atoms with Gasteiger partial charge in [-0.05, 0) is 134 Å². The maximum absolute atomic E-state index is 2.61. The summed E-state index contributed by atoms with van der Waals surface area (Å²) in [4.78, 5) is 0. The number of hydrogen-bond acceptors (Lipinski definition) is 0. The highest BCUT2D eigenvalue weighted by atomic mass is 14.3. The highest BCUT2D eigenvalue weighted by molar-refractivity contribution is 5.71. The van der Waals surface area contributed by atoms with Gasteiger partial charge in [-0.25, -0.2) is 0 Å². The Morgan fingerprint density at radius 2 is 1.06 bits per heavy atom. The van der Waals surface area contributed by atoms with E-state index in [0.717, 1.165) is 6.42 Å². The van der Waals surface area contributed by atoms with Crippen LogP contribution < -0.4 is 0 Å². The molecule has 0 saturated heterocycles. The molecule has 5 rings (SSSR count). The molecule has 0 spiro atoms. The van der Waals surface area contributed by atoms with Crippen molar-refractivity contribution in [3.8, 4) is 0 Å². The maximum Gasteiger partial charge on any atom is -0.00710 e. The summed E-state index contributed by atoms with van der Waals surface area (Å²) < 4.78 is 0. The summed E-state index contributed by atoms with van der Waals surface area (Å²) in [5, 5.41) is 0. The van der Waals surface area contributed by atoms with Crippen molar-refractivity contribution in [2.24, 2.45) is 0 Å². The number of allylic oxidation sites excluding steroid dienone is 18. The molecule has 0 bridgehead atoms. The van der Waals surface area contributed by atoms with Crippen molar-refractivity contribution in [3.63, 3.8) is 0 Å². The molecular formula is C33H40. The molecule has 0 amide bonds. The van der Waals surface area contributed by atoms with Crippen molar-refractivity contribution in [3.05, 3.63) is 105 Å². The molecule has 0 aliphatic heterocycles. The van der Waals surface area contributed by atoms with Gasteiger partial charge in [0.15, 0.2) is 0 Å². The molecule has 0 unspecified atom stereocenters. The summed E-state index contributed by atoms with van der Waals surface area (Å²) in [6.07, 6.45) is 43.2. The molecule has 33 heavy (non-hydrogen) atoms. The van der Waals surface area contributed by atoms with Crippen LogP contribution in [0.2, 0.25) is 0 Å². The quantitative estimate of drug-likeness (QED) is 0.411. The van der Waals surface area contributed by atoms with E-state index in [2.05, 4.69) is 60.8 Å². The second-order valence-electron chi connectivity index (χ2n) is 10.2. The predicted octanol–water partition coefficient (Wildman–Crippen LogP) is 9.87. The fourth-order valence-electron chi connectivity index (χ4n) is 6.15. The third kappa shape index (κ3) is 5.26. The molecule has 0 heterocycles. The summed E-state index contributed by atoms with van der Waals surface area (Å²) in [7, 11) is 0. The van der Waals surface area contributed by atoms with Gasteiger partial charge < -0.3 is 0 Å². The SMILES string of the molecule is C1=CCCCC(C2=CCC=C(C3=CCCCC3)C(C3=CC=CCC3)=C2C2=CCCCCC2)=C1. The van der Waals surface area contributed by atoms with Crippen molar-refractivity contribution < 1.29 is 0 Å². The van der Waals surface area contributed by atoms with Gasteiger partial charge in [0.2, 0.25) is 0 Å². The average Bonchev–Trinajstić information content (AvgIpc) is 3.37. The van der Waals surface area contributed by atoms with Crippen LogP contribution in [0.3, 0.4) is 0 Å². The molecular weight excluding hydrogens is 396 g/mol. The first-order valence-corrected chi connectivity index (χ1v) is 13.7. The summed E-state index contributed by atoms with van der Waals surface area (Å²) in [6.45, 7) is 0. The van der Waals surface area contributed by atoms with Gasteiger partial charge in [0, 0.05) is 0 Å². The molecule has 0 saturated carbocycles. The van der Waals surface area contributed by atoms with Crippen molar-refractivity contribution >= 4 is 0 Å². The van der Waals surface area contributed by atoms with Gasteiger partial charge >= 0.3 is 0 Å². The van der Waals surface area contributed by atoms with E-state index in [1.807, 2.05) is 0 Å². The first-order valence-electron chi connectivity index (χ1n) is 13.7. The lowest BCUT2D eigenvalue weighted by Gasteiger charge is -2.27. The van der Waals surface area contributed by atoms with Crippen LogP contribution in [-0.2, 0) is 0 Å². The molecule has 5 aliphatic rings. The van der Waals surface area contributed by atoms with Crippen LogP contribution in [0.1, 0.15) is 96.3 Å². The summed E-state index contributed by atoms with van der Waals surface area (Å²) in [5.74, 6) is 0. The molecule has 0 heteroatoms. The maximum atomic E-state index is 2.61. The van der Waals surface area contributed by atoms with Crippen LogP contribution in [0.25, 0.3) is 0 Å². The molecule has 0 aromatic rings. The monoisotopic (exact) mass is 436 g/mol. The Balaban J connectivity index is 1.73. The summed E-state index contributed by atoms with van der Waals surface area (Å²) in [5.41, 5.74) is 12.6. The Morgan fingerprint density at radius 1 is 0.424 bits per heavy atom. The van der Waals surface area contributed by atoms with Crippen molar-refractivity contribution in [1.29, 1.82) is 0 Å². The van der Waals surface area contributed by atoms with E-state index in [0.29, 0.717) is 0 Å². The lowest BCUT2D eigenvalue weighted by molar-refractivity contribution is 0.705. The van der Waals surface area contributed by atoms with E-state index < -0.39 is 0 Å². The Hall–Kier alpha value is -2.34. The fraction of sp³-hybridized carbons (Fsp3) is 0.455. The standard InChI is InChI=1S/C33H40/c1-2-8-17-26(16-7-1)30-24-15-25-31(27-18-11-5-12-19-27)33(29-22-13-6-14-23-29)32(30)28-20-9-3-4-10-21-28/h1,6-7,13,16,18,20,22,24-25H,2-5,8-12,14-15,17,19,21,23H2. The van der Waals surface area contributed by atoms with Crippen LogP contribution in [0.5, 0.6) is 0 Å². The summed E-state index contributed by atoms with van der Waals surface area (Å²) in [6, 6.07) is 0. The normalized spacial score (nSPS) is 24.5. The zero-order chi connectivity index (χ0) is 22.3. The fourth-order valence-corrected chi connectivity index (χ4v) is 6.15. The molecule has 0 aromatic heterocycles. The zero-order valence-corrected chi connectivity index (χ0v) is 20.4. The third-order valence-electron chi connectivity index (χ3n) is 7.86. The van der Waals surface area contributed by atoms with E-state index in [1.165, 1.54) is 89.9 Å². The Labute approximate surface area is 201 Å². The van der Waals surface area contributed by atoms with Crippen LogP contribution in [0.4, 0.5) is 0 Å². The molecule has 172 valence electrons. The van der Waals surface area contributed by atoms with Gasteiger partial charge in [0.25, 0.3) is 0 Å². The Bertz CT molecular complexity index is 1020. The minimum absolute atomic E-state index is 1.05. The largest absolute Gasteiger partial charge is 0.0845 e. The number of rotatable bonds is 4. The predicted molar refractivity (Wildman–Crippen MR) is 143 cm³/mol. The van der Waals surface area contributed by atoms with Gasteiger partial charge in [-0.2, -0.15) is 0 Å². The van der Waals surface area contributed by atoms with Gasteiger partial charge in [-0.1, -0.05) is 67.2 Å². The van der Waals surface area contributed by atoms with E-state index in [4.69, 9.17) is 0 Å². The minimum Gasteiger partial charge on any atom is -0.0845 e. The first kappa shape index (κ1) is 22.5. The molecule has 0 atom stereocenters. The first-order chi connectivity index (χ1) is 16.4. The molecule has 0 aromatic carbocycles. The van der Waals surface area contributed by atoms with E-state index in [1.54, 1.807) is 44.6 Å². The number of hydrogen-bond donors (Lipinski definition) is 0. The molecule has 0 radical (unpaired) electrons. The van der Waals surface area contributed by atoms with E-state index in [9.17, 15) is 0 Å². The lowest BCUT2D eigenvalue weighted by atomic mass is 9.77. The smallest absolute Gasteiger partial charge is 0.00710 e. The molecule has 0 N–H and O–H groups in total. The minimum atomic E-state index is 1.05. The zero-order valence-electron chi connectivity index (χ0n) is 20.4. The van der Waals surface area contributed by atoms with Crippen LogP contribution >= 0.6 is 0 Å². The third-order valence-corrected chi connectivity index (χ3v) is 7.86. The van der Waals surface area contributed by atoms with E-state index >= 15 is 0 Å². The second-order valence-corrected chi connectivity index (χ2v) is 10.2. The van der Waals surface area contributed by atoms with Gasteiger partial charge in [-0.15, -0.1) is 0 Å². The highest BCUT2D eigenvalue weighted by Gasteiger charge is 2.27. The molecule has 5 aliphatic carbocycles. The van der Waals surface area contributed by atoms with Crippen LogP contribution in [0, 0.1) is 0 Å².